The van der Waals surface area contributed by atoms with Crippen LogP contribution in [0.1, 0.15) is 27.2 Å². The van der Waals surface area contributed by atoms with Crippen molar-refractivity contribution in [3.63, 3.8) is 0 Å². The fourth-order valence-corrected chi connectivity index (χ4v) is 4.24. The zero-order valence-electron chi connectivity index (χ0n) is 28.6. The number of hydrogen-bond acceptors (Lipinski definition) is 11. The number of carbonyl (C=O) groups is 1. The van der Waals surface area contributed by atoms with E-state index >= 15 is 0 Å². The molecule has 0 aliphatic rings. The number of rotatable bonds is 29. The third kappa shape index (κ3) is 18.8. The lowest BCUT2D eigenvalue weighted by Crippen LogP contribution is -2.41. The largest absolute Gasteiger partial charge is 0.420 e. The van der Waals surface area contributed by atoms with E-state index in [1.807, 2.05) is 0 Å². The molecule has 0 fully saturated rings. The maximum atomic E-state index is 13.5. The van der Waals surface area contributed by atoms with Gasteiger partial charge in [0.05, 0.1) is 119 Å². The molecule has 0 saturated heterocycles. The van der Waals surface area contributed by atoms with Crippen molar-refractivity contribution >= 4 is 14.3 Å². The van der Waals surface area contributed by atoms with Crippen LogP contribution in [0, 0.1) is 29.1 Å². The van der Waals surface area contributed by atoms with E-state index in [1.165, 1.54) is 0 Å². The van der Waals surface area contributed by atoms with Crippen molar-refractivity contribution in [1.29, 1.82) is 0 Å². The first-order valence-electron chi connectivity index (χ1n) is 15.8. The number of hydrogen-bond donors (Lipinski definition) is 0. The molecule has 0 aromatic heterocycles. The molecule has 0 atom stereocenters. The van der Waals surface area contributed by atoms with Crippen LogP contribution in [0.5, 0.6) is 5.75 Å². The predicted molar refractivity (Wildman–Crippen MR) is 166 cm³/mol. The molecule has 0 saturated carbocycles. The fraction of sp³-hybridized carbons (Fsp3) is 0.774. The lowest BCUT2D eigenvalue weighted by atomic mass is 10.2. The molecule has 0 amide bonds. The summed E-state index contributed by atoms with van der Waals surface area (Å²) in [6, 6.07) is 0. The highest BCUT2D eigenvalue weighted by Crippen LogP contribution is 2.36. The molecule has 1 rings (SSSR count). The molecule has 0 N–H and O–H groups in total. The predicted octanol–water partition coefficient (Wildman–Crippen LogP) is 4.83. The molecular weight excluding hydrogens is 671 g/mol. The van der Waals surface area contributed by atoms with Gasteiger partial charge in [-0.2, -0.15) is 8.78 Å². The van der Waals surface area contributed by atoms with E-state index in [2.05, 4.69) is 38.6 Å². The second-order valence-electron chi connectivity index (χ2n) is 11.6. The van der Waals surface area contributed by atoms with Crippen LogP contribution in [0.25, 0.3) is 0 Å². The first kappa shape index (κ1) is 44.2. The average molecular weight is 723 g/mol. The first-order valence-corrected chi connectivity index (χ1v) is 18.7. The van der Waals surface area contributed by atoms with Crippen LogP contribution in [-0.2, 0) is 47.1 Å². The van der Waals surface area contributed by atoms with Crippen LogP contribution >= 0.6 is 0 Å². The van der Waals surface area contributed by atoms with Crippen LogP contribution in [0.3, 0.4) is 0 Å². The Labute approximate surface area is 280 Å². The summed E-state index contributed by atoms with van der Waals surface area (Å²) in [5, 5.41) is 0.188. The molecule has 1 aromatic rings. The molecule has 0 unspecified atom stereocenters. The topological polar surface area (TPSA) is 109 Å². The highest BCUT2D eigenvalue weighted by molar-refractivity contribution is 6.74. The van der Waals surface area contributed by atoms with E-state index in [0.717, 1.165) is 0 Å². The number of ether oxygens (including phenoxy) is 9. The van der Waals surface area contributed by atoms with Gasteiger partial charge in [-0.3, -0.25) is 4.79 Å². The average Bonchev–Trinajstić information content (AvgIpc) is 3.04. The van der Waals surface area contributed by atoms with Gasteiger partial charge in [0.15, 0.2) is 8.32 Å². The monoisotopic (exact) mass is 722 g/mol. The summed E-state index contributed by atoms with van der Waals surface area (Å²) in [7, 11) is -1.73. The van der Waals surface area contributed by atoms with Crippen molar-refractivity contribution in [3.05, 3.63) is 29.1 Å². The lowest BCUT2D eigenvalue weighted by molar-refractivity contribution is -0.136. The number of carbonyl (C=O) groups excluding carboxylic acids is 1. The van der Waals surface area contributed by atoms with Crippen LogP contribution in [0.2, 0.25) is 18.1 Å². The molecule has 0 aliphatic heterocycles. The summed E-state index contributed by atoms with van der Waals surface area (Å²) in [4.78, 5) is 11.6. The molecular formula is C31H51F5O11Si. The molecule has 0 aliphatic carbocycles. The molecule has 0 bridgehead atoms. The maximum absolute atomic E-state index is 13.5. The molecule has 0 radical (unpaired) electrons. The van der Waals surface area contributed by atoms with E-state index in [9.17, 15) is 26.7 Å². The van der Waals surface area contributed by atoms with Crippen molar-refractivity contribution in [3.8, 4) is 5.75 Å². The summed E-state index contributed by atoms with van der Waals surface area (Å²) in [6.45, 7) is 17.3. The Kier molecular flexibility index (Phi) is 23.2. The summed E-state index contributed by atoms with van der Waals surface area (Å²) < 4.78 is 120. The van der Waals surface area contributed by atoms with Crippen molar-refractivity contribution in [2.24, 2.45) is 0 Å². The van der Waals surface area contributed by atoms with Crippen LogP contribution < -0.4 is 4.74 Å². The molecule has 0 heterocycles. The van der Waals surface area contributed by atoms with Crippen molar-refractivity contribution in [1.82, 2.24) is 0 Å². The Hall–Kier alpha value is -1.80. The van der Waals surface area contributed by atoms with E-state index in [-0.39, 0.29) is 31.5 Å². The summed E-state index contributed by atoms with van der Waals surface area (Å²) in [6.07, 6.45) is -0.483. The van der Waals surface area contributed by atoms with Crippen LogP contribution in [0.15, 0.2) is 0 Å². The molecule has 0 spiro atoms. The lowest BCUT2D eigenvalue weighted by Gasteiger charge is -2.36. The van der Waals surface area contributed by atoms with Gasteiger partial charge < -0.3 is 47.1 Å². The van der Waals surface area contributed by atoms with Gasteiger partial charge in [-0.25, -0.2) is 13.2 Å². The summed E-state index contributed by atoms with van der Waals surface area (Å²) >= 11 is 0. The SMILES string of the molecule is CC(C)(C)[Si](C)(C)OCCOCCOCCOCCOCCOCCOCCOCCOCCC(=O)Oc1c(F)c(F)c(F)c(F)c1F. The highest BCUT2D eigenvalue weighted by Gasteiger charge is 2.36. The zero-order chi connectivity index (χ0) is 35.8. The van der Waals surface area contributed by atoms with Gasteiger partial charge >= 0.3 is 5.97 Å². The first-order chi connectivity index (χ1) is 22.8. The van der Waals surface area contributed by atoms with Gasteiger partial charge in [-0.15, -0.1) is 0 Å². The molecule has 17 heteroatoms. The van der Waals surface area contributed by atoms with Crippen LogP contribution in [-0.4, -0.2) is 127 Å². The minimum Gasteiger partial charge on any atom is -0.420 e. The van der Waals surface area contributed by atoms with E-state index < -0.39 is 55.5 Å². The fourth-order valence-electron chi connectivity index (χ4n) is 3.21. The summed E-state index contributed by atoms with van der Waals surface area (Å²) in [5.41, 5.74) is 0. The Bertz CT molecular complexity index is 1000. The minimum atomic E-state index is -2.35. The van der Waals surface area contributed by atoms with E-state index in [1.54, 1.807) is 0 Å². The highest BCUT2D eigenvalue weighted by atomic mass is 28.4. The van der Waals surface area contributed by atoms with Gasteiger partial charge in [0.1, 0.15) is 0 Å². The Morgan fingerprint density at radius 1 is 0.479 bits per heavy atom. The number of benzene rings is 1. The van der Waals surface area contributed by atoms with Crippen LogP contribution in [0.4, 0.5) is 22.0 Å². The standard InChI is InChI=1S/C31H51F5O11Si/c1-31(2,3)48(4,5)46-23-22-45-21-20-44-19-18-43-17-16-42-15-14-41-13-12-40-11-10-39-9-8-38-7-6-24(37)47-30-28(35)26(33)25(32)27(34)29(30)36/h6-23H2,1-5H3. The van der Waals surface area contributed by atoms with Gasteiger partial charge in [-0.05, 0) is 18.1 Å². The Morgan fingerprint density at radius 2 is 0.750 bits per heavy atom. The molecule has 280 valence electrons. The Morgan fingerprint density at radius 3 is 1.06 bits per heavy atom. The second-order valence-corrected chi connectivity index (χ2v) is 16.4. The second kappa shape index (κ2) is 25.2. The molecule has 1 aromatic carbocycles. The normalized spacial score (nSPS) is 12.2. The molecule has 11 nitrogen and oxygen atoms in total. The van der Waals surface area contributed by atoms with E-state index in [4.69, 9.17) is 42.3 Å². The van der Waals surface area contributed by atoms with E-state index in [0.29, 0.717) is 85.9 Å². The number of halogens is 5. The van der Waals surface area contributed by atoms with Gasteiger partial charge in [0.25, 0.3) is 0 Å². The maximum Gasteiger partial charge on any atom is 0.313 e. The molecule has 48 heavy (non-hydrogen) atoms. The van der Waals surface area contributed by atoms with Gasteiger partial charge in [0.2, 0.25) is 34.8 Å². The Balaban J connectivity index is 1.80. The van der Waals surface area contributed by atoms with Gasteiger partial charge in [0, 0.05) is 0 Å². The van der Waals surface area contributed by atoms with Gasteiger partial charge in [-0.1, -0.05) is 20.8 Å². The zero-order valence-corrected chi connectivity index (χ0v) is 29.6. The minimum absolute atomic E-state index is 0.0851. The van der Waals surface area contributed by atoms with Crippen molar-refractivity contribution in [2.45, 2.75) is 45.3 Å². The summed E-state index contributed by atoms with van der Waals surface area (Å²) in [5.74, 6) is -14.1. The number of esters is 1. The van der Waals surface area contributed by atoms with Crippen molar-refractivity contribution in [2.75, 3.05) is 112 Å². The third-order valence-corrected chi connectivity index (χ3v) is 11.5. The quantitative estimate of drug-likeness (QED) is 0.0216. The third-order valence-electron chi connectivity index (χ3n) is 6.94. The smallest absolute Gasteiger partial charge is 0.313 e. The van der Waals surface area contributed by atoms with Crippen molar-refractivity contribution < 1.29 is 73.8 Å².